The van der Waals surface area contributed by atoms with Gasteiger partial charge in [-0.1, -0.05) is 30.7 Å². The Morgan fingerprint density at radius 2 is 2.06 bits per heavy atom. The molecule has 0 saturated carbocycles. The van der Waals surface area contributed by atoms with Gasteiger partial charge in [0.15, 0.2) is 0 Å². The van der Waals surface area contributed by atoms with E-state index in [1.54, 1.807) is 0 Å². The van der Waals surface area contributed by atoms with Gasteiger partial charge in [-0.25, -0.2) is 0 Å². The molecule has 1 heterocycles. The molecule has 1 saturated heterocycles. The maximum absolute atomic E-state index is 11.9. The van der Waals surface area contributed by atoms with Crippen molar-refractivity contribution in [1.29, 1.82) is 0 Å². The Kier molecular flexibility index (Phi) is 5.93. The van der Waals surface area contributed by atoms with Gasteiger partial charge < -0.3 is 10.6 Å². The van der Waals surface area contributed by atoms with Crippen LogP contribution >= 0.6 is 24.0 Å². The molecule has 1 aliphatic heterocycles. The lowest BCUT2D eigenvalue weighted by Gasteiger charge is -2.31. The third-order valence-electron chi connectivity index (χ3n) is 3.31. The van der Waals surface area contributed by atoms with Crippen molar-refractivity contribution in [2.24, 2.45) is 11.8 Å². The predicted octanol–water partition coefficient (Wildman–Crippen LogP) is 2.23. The fraction of sp³-hybridized carbons (Fsp3) is 0.462. The SMILES string of the molecule is CC(C(=O)NCc1ccc(Cl)cc1)C1CNC1.Cl. The fourth-order valence-electron chi connectivity index (χ4n) is 1.83. The number of hydrogen-bond acceptors (Lipinski definition) is 2. The molecule has 1 aromatic rings. The molecule has 1 unspecified atom stereocenters. The Morgan fingerprint density at radius 3 is 2.56 bits per heavy atom. The highest BCUT2D eigenvalue weighted by molar-refractivity contribution is 6.30. The number of rotatable bonds is 4. The Balaban J connectivity index is 0.00000162. The highest BCUT2D eigenvalue weighted by atomic mass is 35.5. The first-order valence-electron chi connectivity index (χ1n) is 5.89. The number of benzene rings is 1. The number of halogens is 2. The summed E-state index contributed by atoms with van der Waals surface area (Å²) in [5.74, 6) is 0.704. The summed E-state index contributed by atoms with van der Waals surface area (Å²) in [7, 11) is 0. The van der Waals surface area contributed by atoms with Crippen molar-refractivity contribution in [3.05, 3.63) is 34.9 Å². The number of nitrogens with one attached hydrogen (secondary N) is 2. The first-order chi connectivity index (χ1) is 8.16. The molecule has 100 valence electrons. The molecule has 0 radical (unpaired) electrons. The molecule has 0 bridgehead atoms. The Hall–Kier alpha value is -0.770. The first-order valence-corrected chi connectivity index (χ1v) is 6.27. The van der Waals surface area contributed by atoms with E-state index in [4.69, 9.17) is 11.6 Å². The lowest BCUT2D eigenvalue weighted by molar-refractivity contribution is -0.126. The Morgan fingerprint density at radius 1 is 1.44 bits per heavy atom. The van der Waals surface area contributed by atoms with Crippen molar-refractivity contribution in [2.45, 2.75) is 13.5 Å². The van der Waals surface area contributed by atoms with Crippen LogP contribution in [0.15, 0.2) is 24.3 Å². The molecular formula is C13H18Cl2N2O. The summed E-state index contributed by atoms with van der Waals surface area (Å²) in [5.41, 5.74) is 1.07. The number of amides is 1. The van der Waals surface area contributed by atoms with Gasteiger partial charge in [-0.05, 0) is 36.7 Å². The highest BCUT2D eigenvalue weighted by Gasteiger charge is 2.28. The van der Waals surface area contributed by atoms with E-state index in [1.807, 2.05) is 31.2 Å². The molecule has 3 nitrogen and oxygen atoms in total. The molecule has 2 N–H and O–H groups in total. The van der Waals surface area contributed by atoms with Crippen molar-refractivity contribution in [3.63, 3.8) is 0 Å². The maximum Gasteiger partial charge on any atom is 0.223 e. The molecule has 1 atom stereocenters. The van der Waals surface area contributed by atoms with Crippen LogP contribution in [0.1, 0.15) is 12.5 Å². The minimum atomic E-state index is 0. The third-order valence-corrected chi connectivity index (χ3v) is 3.57. The van der Waals surface area contributed by atoms with Gasteiger partial charge in [-0.3, -0.25) is 4.79 Å². The molecule has 18 heavy (non-hydrogen) atoms. The van der Waals surface area contributed by atoms with Crippen LogP contribution in [0.4, 0.5) is 0 Å². The molecule has 5 heteroatoms. The molecule has 1 aliphatic rings. The average molecular weight is 289 g/mol. The standard InChI is InChI=1S/C13H17ClN2O.ClH/c1-9(11-7-15-8-11)13(17)16-6-10-2-4-12(14)5-3-10;/h2-5,9,11,15H,6-8H2,1H3,(H,16,17);1H. The lowest BCUT2D eigenvalue weighted by Crippen LogP contribution is -2.49. The summed E-state index contributed by atoms with van der Waals surface area (Å²) in [5, 5.41) is 6.86. The van der Waals surface area contributed by atoms with Crippen LogP contribution in [0.25, 0.3) is 0 Å². The number of hydrogen-bond donors (Lipinski definition) is 2. The Bertz CT molecular complexity index is 390. The van der Waals surface area contributed by atoms with Crippen LogP contribution in [0.2, 0.25) is 5.02 Å². The van der Waals surface area contributed by atoms with Gasteiger partial charge in [-0.15, -0.1) is 12.4 Å². The maximum atomic E-state index is 11.9. The average Bonchev–Trinajstić information content (AvgIpc) is 2.25. The quantitative estimate of drug-likeness (QED) is 0.892. The van der Waals surface area contributed by atoms with E-state index in [-0.39, 0.29) is 24.2 Å². The van der Waals surface area contributed by atoms with E-state index in [0.29, 0.717) is 17.5 Å². The van der Waals surface area contributed by atoms with Gasteiger partial charge in [0.05, 0.1) is 0 Å². The molecule has 2 rings (SSSR count). The van der Waals surface area contributed by atoms with Crippen molar-refractivity contribution in [1.82, 2.24) is 10.6 Å². The lowest BCUT2D eigenvalue weighted by atomic mass is 9.88. The molecule has 1 aromatic carbocycles. The van der Waals surface area contributed by atoms with Crippen LogP contribution in [0.3, 0.4) is 0 Å². The van der Waals surface area contributed by atoms with Crippen LogP contribution in [-0.4, -0.2) is 19.0 Å². The summed E-state index contributed by atoms with van der Waals surface area (Å²) in [6.07, 6.45) is 0. The van der Waals surface area contributed by atoms with Crippen molar-refractivity contribution in [2.75, 3.05) is 13.1 Å². The monoisotopic (exact) mass is 288 g/mol. The number of carbonyl (C=O) groups excluding carboxylic acids is 1. The molecule has 0 aliphatic carbocycles. The second kappa shape index (κ2) is 6.98. The normalized spacial score (nSPS) is 16.3. The minimum absolute atomic E-state index is 0. The molecular weight excluding hydrogens is 271 g/mol. The van der Waals surface area contributed by atoms with Crippen LogP contribution in [-0.2, 0) is 11.3 Å². The second-order valence-corrected chi connectivity index (χ2v) is 4.99. The van der Waals surface area contributed by atoms with E-state index in [9.17, 15) is 4.79 Å². The van der Waals surface area contributed by atoms with Crippen LogP contribution in [0, 0.1) is 11.8 Å². The topological polar surface area (TPSA) is 41.1 Å². The molecule has 1 amide bonds. The fourth-order valence-corrected chi connectivity index (χ4v) is 1.96. The summed E-state index contributed by atoms with van der Waals surface area (Å²) >= 11 is 5.80. The van der Waals surface area contributed by atoms with Gasteiger partial charge in [0, 0.05) is 17.5 Å². The second-order valence-electron chi connectivity index (χ2n) is 4.55. The Labute approximate surface area is 119 Å². The summed E-state index contributed by atoms with van der Waals surface area (Å²) in [6.45, 7) is 4.47. The summed E-state index contributed by atoms with van der Waals surface area (Å²) < 4.78 is 0. The predicted molar refractivity (Wildman–Crippen MR) is 76.1 cm³/mol. The summed E-state index contributed by atoms with van der Waals surface area (Å²) in [6, 6.07) is 7.53. The molecule has 0 spiro atoms. The van der Waals surface area contributed by atoms with Gasteiger partial charge in [0.2, 0.25) is 5.91 Å². The van der Waals surface area contributed by atoms with E-state index >= 15 is 0 Å². The smallest absolute Gasteiger partial charge is 0.223 e. The molecule has 1 fully saturated rings. The van der Waals surface area contributed by atoms with Gasteiger partial charge in [0.1, 0.15) is 0 Å². The number of carbonyl (C=O) groups is 1. The first kappa shape index (κ1) is 15.3. The van der Waals surface area contributed by atoms with E-state index in [1.165, 1.54) is 0 Å². The largest absolute Gasteiger partial charge is 0.352 e. The van der Waals surface area contributed by atoms with Crippen molar-refractivity contribution < 1.29 is 4.79 Å². The zero-order chi connectivity index (χ0) is 12.3. The van der Waals surface area contributed by atoms with E-state index in [0.717, 1.165) is 18.7 Å². The minimum Gasteiger partial charge on any atom is -0.352 e. The zero-order valence-corrected chi connectivity index (χ0v) is 11.9. The third kappa shape index (κ3) is 3.87. The van der Waals surface area contributed by atoms with Crippen molar-refractivity contribution >= 4 is 29.9 Å². The van der Waals surface area contributed by atoms with Crippen LogP contribution in [0.5, 0.6) is 0 Å². The van der Waals surface area contributed by atoms with Crippen molar-refractivity contribution in [3.8, 4) is 0 Å². The summed E-state index contributed by atoms with van der Waals surface area (Å²) in [4.78, 5) is 11.9. The van der Waals surface area contributed by atoms with Crippen LogP contribution < -0.4 is 10.6 Å². The van der Waals surface area contributed by atoms with Gasteiger partial charge in [-0.2, -0.15) is 0 Å². The zero-order valence-electron chi connectivity index (χ0n) is 10.3. The van der Waals surface area contributed by atoms with Gasteiger partial charge >= 0.3 is 0 Å². The van der Waals surface area contributed by atoms with Gasteiger partial charge in [0.25, 0.3) is 0 Å². The van der Waals surface area contributed by atoms with E-state index in [2.05, 4.69) is 10.6 Å². The van der Waals surface area contributed by atoms with E-state index < -0.39 is 0 Å². The highest BCUT2D eigenvalue weighted by Crippen LogP contribution is 2.16. The molecule has 0 aromatic heterocycles.